The fraction of sp³-hybridized carbons (Fsp3) is 0.765. The quantitative estimate of drug-likeness (QED) is 0.927. The topological polar surface area (TPSA) is 41.0 Å². The van der Waals surface area contributed by atoms with Gasteiger partial charge >= 0.3 is 0 Å². The molecule has 0 bridgehead atoms. The van der Waals surface area contributed by atoms with Gasteiger partial charge in [-0.15, -0.1) is 0 Å². The first-order valence-corrected chi connectivity index (χ1v) is 8.13. The molecule has 0 amide bonds. The van der Waals surface area contributed by atoms with Crippen molar-refractivity contribution in [1.82, 2.24) is 20.2 Å². The molecule has 116 valence electrons. The molecule has 2 aliphatic rings. The van der Waals surface area contributed by atoms with Gasteiger partial charge in [-0.2, -0.15) is 0 Å². The Labute approximate surface area is 128 Å². The van der Waals surface area contributed by atoms with Crippen molar-refractivity contribution in [1.29, 1.82) is 0 Å². The van der Waals surface area contributed by atoms with Gasteiger partial charge in [0.1, 0.15) is 5.82 Å². The molecule has 0 spiro atoms. The average Bonchev–Trinajstić information content (AvgIpc) is 3.23. The molecule has 1 saturated carbocycles. The maximum Gasteiger partial charge on any atom is 0.142 e. The summed E-state index contributed by atoms with van der Waals surface area (Å²) in [4.78, 5) is 11.5. The van der Waals surface area contributed by atoms with Gasteiger partial charge in [0.15, 0.2) is 0 Å². The number of nitrogens with zero attached hydrogens (tertiary/aromatic N) is 3. The lowest BCUT2D eigenvalue weighted by Gasteiger charge is -2.50. The molecule has 1 aromatic rings. The third kappa shape index (κ3) is 3.27. The lowest BCUT2D eigenvalue weighted by Crippen LogP contribution is -2.66. The Morgan fingerprint density at radius 1 is 1.29 bits per heavy atom. The van der Waals surface area contributed by atoms with E-state index in [9.17, 15) is 0 Å². The molecule has 1 N–H and O–H groups in total. The van der Waals surface area contributed by atoms with Gasteiger partial charge in [0.05, 0.1) is 6.54 Å². The van der Waals surface area contributed by atoms with E-state index in [0.29, 0.717) is 6.04 Å². The maximum absolute atomic E-state index is 4.42. The molecule has 0 aromatic carbocycles. The van der Waals surface area contributed by atoms with Crippen LogP contribution in [-0.4, -0.2) is 39.5 Å². The van der Waals surface area contributed by atoms with Crippen LogP contribution in [0.2, 0.25) is 0 Å². The molecule has 1 aromatic heterocycles. The largest absolute Gasteiger partial charge is 0.308 e. The van der Waals surface area contributed by atoms with Crippen LogP contribution in [0.15, 0.2) is 18.5 Å². The summed E-state index contributed by atoms with van der Waals surface area (Å²) < 4.78 is 0. The van der Waals surface area contributed by atoms with Crippen molar-refractivity contribution in [2.75, 3.05) is 13.1 Å². The van der Waals surface area contributed by atoms with Gasteiger partial charge in [-0.25, -0.2) is 9.97 Å². The van der Waals surface area contributed by atoms with Gasteiger partial charge in [0.25, 0.3) is 0 Å². The van der Waals surface area contributed by atoms with E-state index < -0.39 is 0 Å². The van der Waals surface area contributed by atoms with E-state index in [-0.39, 0.29) is 11.0 Å². The van der Waals surface area contributed by atoms with Crippen molar-refractivity contribution in [3.8, 4) is 0 Å². The first kappa shape index (κ1) is 14.9. The predicted octanol–water partition coefficient (Wildman–Crippen LogP) is 2.47. The molecule has 2 unspecified atom stereocenters. The summed E-state index contributed by atoms with van der Waals surface area (Å²) in [5.74, 6) is 1.78. The van der Waals surface area contributed by atoms with Crippen LogP contribution in [0.1, 0.15) is 46.4 Å². The Morgan fingerprint density at radius 2 is 1.95 bits per heavy atom. The molecular weight excluding hydrogens is 260 g/mol. The van der Waals surface area contributed by atoms with Gasteiger partial charge in [-0.05, 0) is 37.2 Å². The zero-order chi connectivity index (χ0) is 15.1. The van der Waals surface area contributed by atoms with Crippen molar-refractivity contribution in [3.05, 3.63) is 24.3 Å². The summed E-state index contributed by atoms with van der Waals surface area (Å²) in [6, 6.07) is 2.41. The summed E-state index contributed by atoms with van der Waals surface area (Å²) in [7, 11) is 0. The van der Waals surface area contributed by atoms with Gasteiger partial charge in [0, 0.05) is 37.1 Å². The molecule has 1 aliphatic carbocycles. The van der Waals surface area contributed by atoms with Gasteiger partial charge < -0.3 is 5.32 Å². The Hall–Kier alpha value is -1.00. The van der Waals surface area contributed by atoms with E-state index in [1.165, 1.54) is 12.8 Å². The molecule has 4 heteroatoms. The average molecular weight is 288 g/mol. The second-order valence-electron chi connectivity index (χ2n) is 8.02. The second kappa shape index (κ2) is 5.33. The van der Waals surface area contributed by atoms with Gasteiger partial charge in [0.2, 0.25) is 0 Å². The van der Waals surface area contributed by atoms with E-state index in [2.05, 4.69) is 47.9 Å². The fourth-order valence-electron chi connectivity index (χ4n) is 3.65. The first-order chi connectivity index (χ1) is 9.88. The number of hydrogen-bond donors (Lipinski definition) is 1. The van der Waals surface area contributed by atoms with E-state index in [0.717, 1.165) is 31.4 Å². The summed E-state index contributed by atoms with van der Waals surface area (Å²) in [5.41, 5.74) is 0.517. The molecule has 1 saturated heterocycles. The summed E-state index contributed by atoms with van der Waals surface area (Å²) in [6.07, 6.45) is 6.44. The zero-order valence-electron chi connectivity index (χ0n) is 13.8. The van der Waals surface area contributed by atoms with Crippen LogP contribution in [-0.2, 0) is 6.54 Å². The van der Waals surface area contributed by atoms with Crippen LogP contribution < -0.4 is 5.32 Å². The Kier molecular flexibility index (Phi) is 3.78. The molecule has 3 rings (SSSR count). The zero-order valence-corrected chi connectivity index (χ0v) is 13.8. The monoisotopic (exact) mass is 288 g/mol. The third-order valence-corrected chi connectivity index (χ3v) is 5.11. The van der Waals surface area contributed by atoms with E-state index in [1.807, 2.05) is 18.5 Å². The number of aromatic nitrogens is 2. The SMILES string of the molecule is CC(C)(C)C1CNC(C)(C2CC2)CN1Cc1ncccn1. The fourth-order valence-corrected chi connectivity index (χ4v) is 3.65. The van der Waals surface area contributed by atoms with Crippen LogP contribution in [0.25, 0.3) is 0 Å². The highest BCUT2D eigenvalue weighted by Crippen LogP contribution is 2.42. The molecule has 2 fully saturated rings. The van der Waals surface area contributed by atoms with Gasteiger partial charge in [-0.3, -0.25) is 4.90 Å². The predicted molar refractivity (Wildman–Crippen MR) is 84.8 cm³/mol. The van der Waals surface area contributed by atoms with E-state index >= 15 is 0 Å². The Balaban J connectivity index is 1.79. The Bertz CT molecular complexity index is 477. The van der Waals surface area contributed by atoms with E-state index in [4.69, 9.17) is 0 Å². The highest BCUT2D eigenvalue weighted by molar-refractivity contribution is 5.06. The molecule has 4 nitrogen and oxygen atoms in total. The van der Waals surface area contributed by atoms with E-state index in [1.54, 1.807) is 0 Å². The van der Waals surface area contributed by atoms with Crippen molar-refractivity contribution in [3.63, 3.8) is 0 Å². The van der Waals surface area contributed by atoms with Crippen molar-refractivity contribution in [2.24, 2.45) is 11.3 Å². The minimum atomic E-state index is 0.257. The van der Waals surface area contributed by atoms with Crippen LogP contribution in [0, 0.1) is 11.3 Å². The molecular formula is C17H28N4. The number of nitrogens with one attached hydrogen (secondary N) is 1. The number of hydrogen-bond acceptors (Lipinski definition) is 4. The molecule has 0 radical (unpaired) electrons. The van der Waals surface area contributed by atoms with Crippen molar-refractivity contribution >= 4 is 0 Å². The standard InChI is InChI=1S/C17H28N4/c1-16(2,3)14-10-20-17(4,13-6-7-13)12-21(14)11-15-18-8-5-9-19-15/h5,8-9,13-14,20H,6-7,10-12H2,1-4H3. The smallest absolute Gasteiger partial charge is 0.142 e. The van der Waals surface area contributed by atoms with Crippen molar-refractivity contribution < 1.29 is 0 Å². The second-order valence-corrected chi connectivity index (χ2v) is 8.02. The minimum Gasteiger partial charge on any atom is -0.308 e. The maximum atomic E-state index is 4.42. The number of piperazine rings is 1. The van der Waals surface area contributed by atoms with Crippen LogP contribution in [0.5, 0.6) is 0 Å². The van der Waals surface area contributed by atoms with Crippen LogP contribution >= 0.6 is 0 Å². The summed E-state index contributed by atoms with van der Waals surface area (Å²) >= 11 is 0. The third-order valence-electron chi connectivity index (χ3n) is 5.11. The minimum absolute atomic E-state index is 0.257. The highest BCUT2D eigenvalue weighted by atomic mass is 15.3. The summed E-state index contributed by atoms with van der Waals surface area (Å²) in [6.45, 7) is 12.4. The van der Waals surface area contributed by atoms with Gasteiger partial charge in [-0.1, -0.05) is 20.8 Å². The van der Waals surface area contributed by atoms with Crippen LogP contribution in [0.3, 0.4) is 0 Å². The molecule has 21 heavy (non-hydrogen) atoms. The normalized spacial score (nSPS) is 31.3. The van der Waals surface area contributed by atoms with Crippen molar-refractivity contribution in [2.45, 2.75) is 58.7 Å². The number of rotatable bonds is 3. The lowest BCUT2D eigenvalue weighted by atomic mass is 9.80. The molecule has 1 aliphatic heterocycles. The first-order valence-electron chi connectivity index (χ1n) is 8.13. The van der Waals surface area contributed by atoms with Crippen LogP contribution in [0.4, 0.5) is 0 Å². The highest BCUT2D eigenvalue weighted by Gasteiger charge is 2.47. The summed E-state index contributed by atoms with van der Waals surface area (Å²) in [5, 5.41) is 3.85. The Morgan fingerprint density at radius 3 is 2.52 bits per heavy atom. The molecule has 2 heterocycles. The lowest BCUT2D eigenvalue weighted by molar-refractivity contribution is 0.0129. The molecule has 2 atom stereocenters.